The Morgan fingerprint density at radius 3 is 2.24 bits per heavy atom. The van der Waals surface area contributed by atoms with Crippen molar-refractivity contribution in [1.29, 1.82) is 0 Å². The van der Waals surface area contributed by atoms with Gasteiger partial charge in [0.25, 0.3) is 0 Å². The lowest BCUT2D eigenvalue weighted by molar-refractivity contribution is 0.220. The predicted molar refractivity (Wildman–Crippen MR) is 73.9 cm³/mol. The highest BCUT2D eigenvalue weighted by molar-refractivity contribution is 7.10. The fourth-order valence-electron chi connectivity index (χ4n) is 1.81. The van der Waals surface area contributed by atoms with Crippen LogP contribution in [-0.4, -0.2) is 19.2 Å². The van der Waals surface area contributed by atoms with Crippen molar-refractivity contribution in [2.45, 2.75) is 13.0 Å². The average Bonchev–Trinajstić information content (AvgIpc) is 2.74. The maximum atomic E-state index is 10.3. The lowest BCUT2D eigenvalue weighted by atomic mass is 10.0. The van der Waals surface area contributed by atoms with Gasteiger partial charge in [0.15, 0.2) is 0 Å². The minimum atomic E-state index is -0.516. The summed E-state index contributed by atoms with van der Waals surface area (Å²) in [7, 11) is 4.02. The lowest BCUT2D eigenvalue weighted by Gasteiger charge is -2.15. The second-order valence-electron chi connectivity index (χ2n) is 4.32. The average molecular weight is 247 g/mol. The Labute approximate surface area is 106 Å². The van der Waals surface area contributed by atoms with Crippen molar-refractivity contribution in [2.75, 3.05) is 19.0 Å². The minimum Gasteiger partial charge on any atom is -0.384 e. The number of benzene rings is 1. The topological polar surface area (TPSA) is 23.5 Å². The molecule has 1 aromatic carbocycles. The molecule has 17 heavy (non-hydrogen) atoms. The molecule has 0 saturated heterocycles. The highest BCUT2D eigenvalue weighted by Gasteiger charge is 2.13. The molecular formula is C14H17NOS. The van der Waals surface area contributed by atoms with E-state index in [1.807, 2.05) is 61.6 Å². The number of nitrogens with zero attached hydrogens (tertiary/aromatic N) is 1. The lowest BCUT2D eigenvalue weighted by Crippen LogP contribution is -2.08. The van der Waals surface area contributed by atoms with Gasteiger partial charge in [-0.05, 0) is 41.6 Å². The summed E-state index contributed by atoms with van der Waals surface area (Å²) in [5.74, 6) is 0. The number of hydrogen-bond acceptors (Lipinski definition) is 3. The first-order valence-corrected chi connectivity index (χ1v) is 6.47. The van der Waals surface area contributed by atoms with E-state index in [9.17, 15) is 5.11 Å². The zero-order chi connectivity index (χ0) is 12.4. The Bertz CT molecular complexity index is 487. The van der Waals surface area contributed by atoms with Crippen molar-refractivity contribution in [1.82, 2.24) is 0 Å². The van der Waals surface area contributed by atoms with Gasteiger partial charge in [0.1, 0.15) is 6.10 Å². The summed E-state index contributed by atoms with van der Waals surface area (Å²) in [4.78, 5) is 3.22. The predicted octanol–water partition coefficient (Wildman–Crippen LogP) is 3.20. The van der Waals surface area contributed by atoms with Crippen LogP contribution in [0.3, 0.4) is 0 Å². The molecule has 2 nitrogen and oxygen atoms in total. The highest BCUT2D eigenvalue weighted by Crippen LogP contribution is 2.28. The molecule has 0 radical (unpaired) electrons. The van der Waals surface area contributed by atoms with E-state index < -0.39 is 6.10 Å². The van der Waals surface area contributed by atoms with Crippen LogP contribution in [0.5, 0.6) is 0 Å². The van der Waals surface area contributed by atoms with Gasteiger partial charge >= 0.3 is 0 Å². The number of hydrogen-bond donors (Lipinski definition) is 1. The van der Waals surface area contributed by atoms with Gasteiger partial charge in [-0.25, -0.2) is 0 Å². The molecule has 0 aliphatic rings. The van der Waals surface area contributed by atoms with E-state index in [1.165, 1.54) is 4.88 Å². The van der Waals surface area contributed by atoms with Crippen LogP contribution >= 0.6 is 11.3 Å². The minimum absolute atomic E-state index is 0.516. The molecule has 3 heteroatoms. The van der Waals surface area contributed by atoms with E-state index in [2.05, 4.69) is 0 Å². The number of anilines is 1. The molecule has 1 aromatic heterocycles. The molecule has 1 unspecified atom stereocenters. The maximum absolute atomic E-state index is 10.3. The van der Waals surface area contributed by atoms with Gasteiger partial charge in [0, 0.05) is 24.7 Å². The Hall–Kier alpha value is -1.32. The summed E-state index contributed by atoms with van der Waals surface area (Å²) >= 11 is 1.67. The third-order valence-corrected chi connectivity index (χ3v) is 3.78. The molecule has 0 fully saturated rings. The standard InChI is InChI=1S/C14H17NOS/c1-10-13(8-9-17-10)14(16)11-4-6-12(7-5-11)15(2)3/h4-9,14,16H,1-3H3. The number of rotatable bonds is 3. The van der Waals surface area contributed by atoms with Gasteiger partial charge in [0.05, 0.1) is 0 Å². The van der Waals surface area contributed by atoms with E-state index in [0.29, 0.717) is 0 Å². The van der Waals surface area contributed by atoms with Gasteiger partial charge in [-0.15, -0.1) is 11.3 Å². The van der Waals surface area contributed by atoms with Crippen LogP contribution in [0.2, 0.25) is 0 Å². The summed E-state index contributed by atoms with van der Waals surface area (Å²) < 4.78 is 0. The second kappa shape index (κ2) is 4.90. The van der Waals surface area contributed by atoms with E-state index >= 15 is 0 Å². The molecule has 90 valence electrons. The monoisotopic (exact) mass is 247 g/mol. The van der Waals surface area contributed by atoms with Crippen LogP contribution in [0.15, 0.2) is 35.7 Å². The Morgan fingerprint density at radius 2 is 1.76 bits per heavy atom. The SMILES string of the molecule is Cc1sccc1C(O)c1ccc(N(C)C)cc1. The quantitative estimate of drug-likeness (QED) is 0.900. The molecule has 2 rings (SSSR count). The van der Waals surface area contributed by atoms with Gasteiger partial charge in [0.2, 0.25) is 0 Å². The fraction of sp³-hybridized carbons (Fsp3) is 0.286. The number of thiophene rings is 1. The first-order valence-electron chi connectivity index (χ1n) is 5.59. The molecule has 0 spiro atoms. The maximum Gasteiger partial charge on any atom is 0.105 e. The van der Waals surface area contributed by atoms with Crippen molar-refractivity contribution in [3.63, 3.8) is 0 Å². The second-order valence-corrected chi connectivity index (χ2v) is 5.44. The molecular weight excluding hydrogens is 230 g/mol. The van der Waals surface area contributed by atoms with Gasteiger partial charge < -0.3 is 10.0 Å². The first-order chi connectivity index (χ1) is 8.09. The summed E-state index contributed by atoms with van der Waals surface area (Å²) in [6, 6.07) is 10.0. The van der Waals surface area contributed by atoms with E-state index in [4.69, 9.17) is 0 Å². The van der Waals surface area contributed by atoms with Crippen molar-refractivity contribution >= 4 is 17.0 Å². The number of aliphatic hydroxyl groups excluding tert-OH is 1. The summed E-state index contributed by atoms with van der Waals surface area (Å²) in [6.45, 7) is 2.04. The molecule has 0 aliphatic heterocycles. The summed E-state index contributed by atoms with van der Waals surface area (Å²) in [5.41, 5.74) is 3.09. The molecule has 1 N–H and O–H groups in total. The Balaban J connectivity index is 2.26. The van der Waals surface area contributed by atoms with Gasteiger partial charge in [-0.1, -0.05) is 12.1 Å². The molecule has 0 bridgehead atoms. The van der Waals surface area contributed by atoms with Crippen molar-refractivity contribution < 1.29 is 5.11 Å². The van der Waals surface area contributed by atoms with Gasteiger partial charge in [-0.3, -0.25) is 0 Å². The van der Waals surface area contributed by atoms with Gasteiger partial charge in [-0.2, -0.15) is 0 Å². The van der Waals surface area contributed by atoms with Crippen LogP contribution < -0.4 is 4.90 Å². The molecule has 0 aliphatic carbocycles. The van der Waals surface area contributed by atoms with E-state index in [-0.39, 0.29) is 0 Å². The molecule has 2 aromatic rings. The molecule has 0 saturated carbocycles. The van der Waals surface area contributed by atoms with E-state index in [0.717, 1.165) is 16.8 Å². The number of aliphatic hydroxyl groups is 1. The first kappa shape index (κ1) is 12.1. The van der Waals surface area contributed by atoms with Crippen LogP contribution in [0.4, 0.5) is 5.69 Å². The van der Waals surface area contributed by atoms with E-state index in [1.54, 1.807) is 11.3 Å². The highest BCUT2D eigenvalue weighted by atomic mass is 32.1. The van der Waals surface area contributed by atoms with Crippen LogP contribution in [0.1, 0.15) is 22.1 Å². The molecule has 1 atom stereocenters. The normalized spacial score (nSPS) is 12.5. The zero-order valence-electron chi connectivity index (χ0n) is 10.3. The van der Waals surface area contributed by atoms with Crippen LogP contribution in [0.25, 0.3) is 0 Å². The van der Waals surface area contributed by atoms with Crippen molar-refractivity contribution in [2.24, 2.45) is 0 Å². The summed E-state index contributed by atoms with van der Waals surface area (Å²) in [6.07, 6.45) is -0.516. The van der Waals surface area contributed by atoms with Crippen molar-refractivity contribution in [3.05, 3.63) is 51.7 Å². The Morgan fingerprint density at radius 1 is 1.12 bits per heavy atom. The Kier molecular flexibility index (Phi) is 3.50. The third-order valence-electron chi connectivity index (χ3n) is 2.92. The zero-order valence-corrected chi connectivity index (χ0v) is 11.2. The largest absolute Gasteiger partial charge is 0.384 e. The van der Waals surface area contributed by atoms with Crippen molar-refractivity contribution in [3.8, 4) is 0 Å². The molecule has 0 amide bonds. The smallest absolute Gasteiger partial charge is 0.105 e. The molecule has 1 heterocycles. The van der Waals surface area contributed by atoms with Crippen LogP contribution in [-0.2, 0) is 0 Å². The third kappa shape index (κ3) is 2.51. The summed E-state index contributed by atoms with van der Waals surface area (Å²) in [5, 5.41) is 12.3. The fourth-order valence-corrected chi connectivity index (χ4v) is 2.55. The number of aryl methyl sites for hydroxylation is 1. The van der Waals surface area contributed by atoms with Crippen LogP contribution in [0, 0.1) is 6.92 Å².